The van der Waals surface area contributed by atoms with Crippen molar-refractivity contribution in [3.63, 3.8) is 0 Å². The highest BCUT2D eigenvalue weighted by Crippen LogP contribution is 2.36. The minimum atomic E-state index is -0.155. The summed E-state index contributed by atoms with van der Waals surface area (Å²) in [7, 11) is 0. The van der Waals surface area contributed by atoms with E-state index in [1.165, 1.54) is 0 Å². The molecule has 1 N–H and O–H groups in total. The van der Waals surface area contributed by atoms with Gasteiger partial charge in [-0.15, -0.1) is 0 Å². The molecule has 22 heavy (non-hydrogen) atoms. The van der Waals surface area contributed by atoms with E-state index in [9.17, 15) is 4.79 Å². The van der Waals surface area contributed by atoms with Gasteiger partial charge in [-0.2, -0.15) is 0 Å². The first-order valence-electron chi connectivity index (χ1n) is 7.93. The first kappa shape index (κ1) is 18.6. The Hall–Kier alpha value is -1.42. The van der Waals surface area contributed by atoms with E-state index in [0.717, 1.165) is 19.3 Å². The zero-order chi connectivity index (χ0) is 16.5. The van der Waals surface area contributed by atoms with E-state index in [1.807, 2.05) is 20.8 Å². The third-order valence-corrected chi connectivity index (χ3v) is 3.59. The number of carbonyl (C=O) groups is 1. The van der Waals surface area contributed by atoms with Crippen LogP contribution < -0.4 is 14.8 Å². The van der Waals surface area contributed by atoms with Gasteiger partial charge in [0, 0.05) is 11.6 Å². The Labute approximate surface area is 138 Å². The molecule has 0 aliphatic heterocycles. The van der Waals surface area contributed by atoms with Crippen LogP contribution in [0.4, 0.5) is 0 Å². The van der Waals surface area contributed by atoms with Crippen LogP contribution in [0.3, 0.4) is 0 Å². The standard InChI is InChI=1S/C17H26ClNO3/c1-5-8-9-22-16-14(18)10-13(11-15(16)21-7-3)17(20)19-12(4)6-2/h10-12H,5-9H2,1-4H3,(H,19,20). The van der Waals surface area contributed by atoms with Crippen LogP contribution in [0, 0.1) is 0 Å². The van der Waals surface area contributed by atoms with Crippen molar-refractivity contribution in [1.82, 2.24) is 5.32 Å². The third-order valence-electron chi connectivity index (χ3n) is 3.31. The maximum Gasteiger partial charge on any atom is 0.251 e. The highest BCUT2D eigenvalue weighted by molar-refractivity contribution is 6.32. The highest BCUT2D eigenvalue weighted by atomic mass is 35.5. The average Bonchev–Trinajstić information content (AvgIpc) is 2.49. The van der Waals surface area contributed by atoms with E-state index in [-0.39, 0.29) is 11.9 Å². The molecule has 0 aliphatic rings. The van der Waals surface area contributed by atoms with Crippen LogP contribution in [0.25, 0.3) is 0 Å². The number of unbranched alkanes of at least 4 members (excludes halogenated alkanes) is 1. The lowest BCUT2D eigenvalue weighted by Gasteiger charge is -2.16. The van der Waals surface area contributed by atoms with E-state index in [4.69, 9.17) is 21.1 Å². The molecule has 0 saturated carbocycles. The Morgan fingerprint density at radius 3 is 2.59 bits per heavy atom. The van der Waals surface area contributed by atoms with Crippen molar-refractivity contribution >= 4 is 17.5 Å². The summed E-state index contributed by atoms with van der Waals surface area (Å²) < 4.78 is 11.3. The second-order valence-electron chi connectivity index (χ2n) is 5.20. The minimum Gasteiger partial charge on any atom is -0.490 e. The zero-order valence-corrected chi connectivity index (χ0v) is 14.6. The normalized spacial score (nSPS) is 11.9. The van der Waals surface area contributed by atoms with Crippen LogP contribution in [0.15, 0.2) is 12.1 Å². The lowest BCUT2D eigenvalue weighted by atomic mass is 10.1. The molecule has 0 aromatic heterocycles. The quantitative estimate of drug-likeness (QED) is 0.682. The number of amides is 1. The average molecular weight is 328 g/mol. The molecule has 0 aliphatic carbocycles. The van der Waals surface area contributed by atoms with Crippen LogP contribution in [0.2, 0.25) is 5.02 Å². The molecule has 0 fully saturated rings. The van der Waals surface area contributed by atoms with Crippen LogP contribution in [-0.2, 0) is 0 Å². The van der Waals surface area contributed by atoms with Gasteiger partial charge >= 0.3 is 0 Å². The topological polar surface area (TPSA) is 47.6 Å². The summed E-state index contributed by atoms with van der Waals surface area (Å²) in [6.07, 6.45) is 2.85. The van der Waals surface area contributed by atoms with Gasteiger partial charge in [0.2, 0.25) is 0 Å². The molecule has 4 nitrogen and oxygen atoms in total. The summed E-state index contributed by atoms with van der Waals surface area (Å²) in [6, 6.07) is 3.43. The number of carbonyl (C=O) groups excluding carboxylic acids is 1. The molecule has 1 unspecified atom stereocenters. The van der Waals surface area contributed by atoms with E-state index >= 15 is 0 Å². The molecule has 0 radical (unpaired) electrons. The van der Waals surface area contributed by atoms with Gasteiger partial charge in [0.25, 0.3) is 5.91 Å². The second kappa shape index (κ2) is 9.57. The van der Waals surface area contributed by atoms with Gasteiger partial charge in [0.1, 0.15) is 0 Å². The van der Waals surface area contributed by atoms with Crippen molar-refractivity contribution < 1.29 is 14.3 Å². The summed E-state index contributed by atoms with van der Waals surface area (Å²) in [4.78, 5) is 12.2. The van der Waals surface area contributed by atoms with Gasteiger partial charge in [0.05, 0.1) is 18.2 Å². The summed E-state index contributed by atoms with van der Waals surface area (Å²) in [5, 5.41) is 3.32. The van der Waals surface area contributed by atoms with Crippen molar-refractivity contribution in [2.24, 2.45) is 0 Å². The predicted molar refractivity (Wildman–Crippen MR) is 90.2 cm³/mol. The van der Waals surface area contributed by atoms with E-state index in [0.29, 0.717) is 35.3 Å². The Bertz CT molecular complexity index is 491. The smallest absolute Gasteiger partial charge is 0.251 e. The fraction of sp³-hybridized carbons (Fsp3) is 0.588. The Balaban J connectivity index is 3.00. The van der Waals surface area contributed by atoms with Gasteiger partial charge in [-0.1, -0.05) is 31.9 Å². The summed E-state index contributed by atoms with van der Waals surface area (Å²) in [5.41, 5.74) is 0.483. The first-order chi connectivity index (χ1) is 10.5. The predicted octanol–water partition coefficient (Wildman–Crippen LogP) is 4.45. The molecule has 0 saturated heterocycles. The van der Waals surface area contributed by atoms with E-state index in [2.05, 4.69) is 12.2 Å². The van der Waals surface area contributed by atoms with Crippen LogP contribution in [0.5, 0.6) is 11.5 Å². The van der Waals surface area contributed by atoms with Gasteiger partial charge in [-0.05, 0) is 38.8 Å². The van der Waals surface area contributed by atoms with Gasteiger partial charge in [-0.3, -0.25) is 4.79 Å². The molecular formula is C17H26ClNO3. The fourth-order valence-corrected chi connectivity index (χ4v) is 2.10. The van der Waals surface area contributed by atoms with Crippen molar-refractivity contribution in [3.8, 4) is 11.5 Å². The number of hydrogen-bond donors (Lipinski definition) is 1. The molecule has 1 aromatic carbocycles. The molecule has 1 aromatic rings. The van der Waals surface area contributed by atoms with E-state index < -0.39 is 0 Å². The van der Waals surface area contributed by atoms with Gasteiger partial charge in [0.15, 0.2) is 11.5 Å². The number of benzene rings is 1. The number of nitrogens with one attached hydrogen (secondary N) is 1. The van der Waals surface area contributed by atoms with Crippen molar-refractivity contribution in [1.29, 1.82) is 0 Å². The van der Waals surface area contributed by atoms with Gasteiger partial charge in [-0.25, -0.2) is 0 Å². The number of hydrogen-bond acceptors (Lipinski definition) is 3. The molecule has 1 rings (SSSR count). The maximum atomic E-state index is 12.2. The highest BCUT2D eigenvalue weighted by Gasteiger charge is 2.17. The molecular weight excluding hydrogens is 302 g/mol. The van der Waals surface area contributed by atoms with Crippen LogP contribution in [0.1, 0.15) is 57.3 Å². The lowest BCUT2D eigenvalue weighted by Crippen LogP contribution is -2.31. The molecule has 5 heteroatoms. The monoisotopic (exact) mass is 327 g/mol. The molecule has 0 bridgehead atoms. The SMILES string of the molecule is CCCCOc1c(Cl)cc(C(=O)NC(C)CC)cc1OCC. The zero-order valence-electron chi connectivity index (χ0n) is 13.9. The molecule has 0 spiro atoms. The Morgan fingerprint density at radius 2 is 2.00 bits per heavy atom. The summed E-state index contributed by atoms with van der Waals surface area (Å²) in [6.45, 7) is 9.03. The first-order valence-corrected chi connectivity index (χ1v) is 8.31. The van der Waals surface area contributed by atoms with Crippen LogP contribution in [-0.4, -0.2) is 25.2 Å². The second-order valence-corrected chi connectivity index (χ2v) is 5.61. The lowest BCUT2D eigenvalue weighted by molar-refractivity contribution is 0.0938. The molecule has 1 atom stereocenters. The van der Waals surface area contributed by atoms with Crippen molar-refractivity contribution in [2.45, 2.75) is 53.0 Å². The number of halogens is 1. The third kappa shape index (κ3) is 5.41. The largest absolute Gasteiger partial charge is 0.490 e. The Morgan fingerprint density at radius 1 is 1.27 bits per heavy atom. The van der Waals surface area contributed by atoms with Crippen molar-refractivity contribution in [2.75, 3.05) is 13.2 Å². The number of ether oxygens (including phenoxy) is 2. The molecule has 124 valence electrons. The Kier molecular flexibility index (Phi) is 8.10. The fourth-order valence-electron chi connectivity index (χ4n) is 1.83. The van der Waals surface area contributed by atoms with Gasteiger partial charge < -0.3 is 14.8 Å². The molecule has 0 heterocycles. The van der Waals surface area contributed by atoms with Crippen LogP contribution >= 0.6 is 11.6 Å². The number of rotatable bonds is 9. The van der Waals surface area contributed by atoms with Crippen molar-refractivity contribution in [3.05, 3.63) is 22.7 Å². The molecule has 1 amide bonds. The minimum absolute atomic E-state index is 0.113. The van der Waals surface area contributed by atoms with E-state index in [1.54, 1.807) is 12.1 Å². The summed E-state index contributed by atoms with van der Waals surface area (Å²) in [5.74, 6) is 0.870. The maximum absolute atomic E-state index is 12.2. The summed E-state index contributed by atoms with van der Waals surface area (Å²) >= 11 is 6.28.